The van der Waals surface area contributed by atoms with Crippen LogP contribution in [0.1, 0.15) is 27.2 Å². The Hall–Kier alpha value is -1.33. The first-order chi connectivity index (χ1) is 7.69. The van der Waals surface area contributed by atoms with Crippen LogP contribution in [0.4, 0.5) is 9.18 Å². The fourth-order valence-electron chi connectivity index (χ4n) is 1.69. The first kappa shape index (κ1) is 13.7. The molecule has 1 N–H and O–H groups in total. The Labute approximate surface area is 99.5 Å². The monoisotopic (exact) mass is 247 g/mol. The van der Waals surface area contributed by atoms with Gasteiger partial charge < -0.3 is 14.7 Å². The van der Waals surface area contributed by atoms with E-state index in [-0.39, 0.29) is 19.5 Å². The van der Waals surface area contributed by atoms with Crippen LogP contribution in [0.15, 0.2) is 0 Å². The van der Waals surface area contributed by atoms with Crippen LogP contribution in [0.2, 0.25) is 0 Å². The number of carboxylic acids is 1. The van der Waals surface area contributed by atoms with E-state index in [0.717, 1.165) is 4.90 Å². The molecule has 0 spiro atoms. The standard InChI is InChI=1S/C11H18FNO4/c1-11(2,3)17-10(16)13-5-7(9(14)15)4-8(12)6-13/h7-8H,4-6H2,1-3H3,(H,14,15)/t7-,8+/m1/s1. The molecule has 6 heteroatoms. The zero-order valence-electron chi connectivity index (χ0n) is 10.3. The summed E-state index contributed by atoms with van der Waals surface area (Å²) in [5.74, 6) is -1.94. The topological polar surface area (TPSA) is 66.8 Å². The van der Waals surface area contributed by atoms with Crippen LogP contribution < -0.4 is 0 Å². The zero-order chi connectivity index (χ0) is 13.2. The summed E-state index contributed by atoms with van der Waals surface area (Å²) in [4.78, 5) is 23.6. The number of ether oxygens (including phenoxy) is 1. The molecule has 2 atom stereocenters. The molecule has 0 aromatic heterocycles. The third-order valence-electron chi connectivity index (χ3n) is 2.40. The van der Waals surface area contributed by atoms with Gasteiger partial charge in [-0.3, -0.25) is 4.79 Å². The van der Waals surface area contributed by atoms with Crippen LogP contribution >= 0.6 is 0 Å². The van der Waals surface area contributed by atoms with Crippen molar-refractivity contribution in [2.75, 3.05) is 13.1 Å². The van der Waals surface area contributed by atoms with Crippen LogP contribution in [0.5, 0.6) is 0 Å². The number of carbonyl (C=O) groups is 2. The molecule has 1 rings (SSSR count). The molecule has 5 nitrogen and oxygen atoms in total. The average Bonchev–Trinajstić information content (AvgIpc) is 2.13. The summed E-state index contributed by atoms with van der Waals surface area (Å²) in [6.45, 7) is 5.02. The number of likely N-dealkylation sites (tertiary alicyclic amines) is 1. The highest BCUT2D eigenvalue weighted by Gasteiger charge is 2.35. The van der Waals surface area contributed by atoms with Gasteiger partial charge in [0.25, 0.3) is 0 Å². The van der Waals surface area contributed by atoms with Crippen molar-refractivity contribution in [2.24, 2.45) is 5.92 Å². The van der Waals surface area contributed by atoms with Gasteiger partial charge in [0.1, 0.15) is 11.8 Å². The maximum atomic E-state index is 13.3. The minimum Gasteiger partial charge on any atom is -0.481 e. The van der Waals surface area contributed by atoms with Gasteiger partial charge in [-0.1, -0.05) is 0 Å². The normalized spacial score (nSPS) is 25.5. The molecule has 98 valence electrons. The van der Waals surface area contributed by atoms with Crippen LogP contribution in [-0.2, 0) is 9.53 Å². The summed E-state index contributed by atoms with van der Waals surface area (Å²) in [5, 5.41) is 8.84. The summed E-state index contributed by atoms with van der Waals surface area (Å²) in [6.07, 6.45) is -2.02. The lowest BCUT2D eigenvalue weighted by atomic mass is 9.97. The van der Waals surface area contributed by atoms with Gasteiger partial charge in [0.2, 0.25) is 0 Å². The molecule has 1 fully saturated rings. The predicted molar refractivity (Wildman–Crippen MR) is 58.4 cm³/mol. The number of carboxylic acid groups (broad SMARTS) is 1. The fourth-order valence-corrected chi connectivity index (χ4v) is 1.69. The highest BCUT2D eigenvalue weighted by molar-refractivity contribution is 5.73. The Morgan fingerprint density at radius 2 is 1.94 bits per heavy atom. The molecule has 17 heavy (non-hydrogen) atoms. The molecule has 0 saturated carbocycles. The smallest absolute Gasteiger partial charge is 0.410 e. The second-order valence-corrected chi connectivity index (χ2v) is 5.25. The Morgan fingerprint density at radius 3 is 2.41 bits per heavy atom. The van der Waals surface area contributed by atoms with Gasteiger partial charge in [-0.25, -0.2) is 9.18 Å². The van der Waals surface area contributed by atoms with Crippen molar-refractivity contribution in [3.63, 3.8) is 0 Å². The number of amides is 1. The summed E-state index contributed by atoms with van der Waals surface area (Å²) in [7, 11) is 0. The molecule has 1 heterocycles. The molecule has 0 unspecified atom stereocenters. The van der Waals surface area contributed by atoms with Gasteiger partial charge >= 0.3 is 12.1 Å². The quantitative estimate of drug-likeness (QED) is 0.765. The number of hydrogen-bond acceptors (Lipinski definition) is 3. The van der Waals surface area contributed by atoms with Crippen LogP contribution in [0.3, 0.4) is 0 Å². The number of rotatable bonds is 1. The van der Waals surface area contributed by atoms with Gasteiger partial charge in [0.15, 0.2) is 0 Å². The van der Waals surface area contributed by atoms with E-state index in [1.165, 1.54) is 0 Å². The van der Waals surface area contributed by atoms with E-state index in [0.29, 0.717) is 0 Å². The molecule has 0 aromatic rings. The molecular formula is C11H18FNO4. The maximum absolute atomic E-state index is 13.3. The molecule has 0 aliphatic carbocycles. The molecule has 1 aliphatic rings. The van der Waals surface area contributed by atoms with E-state index < -0.39 is 29.8 Å². The maximum Gasteiger partial charge on any atom is 0.410 e. The number of carbonyl (C=O) groups excluding carboxylic acids is 1. The number of aliphatic carboxylic acids is 1. The van der Waals surface area contributed by atoms with Gasteiger partial charge in [-0.2, -0.15) is 0 Å². The summed E-state index contributed by atoms with van der Waals surface area (Å²) < 4.78 is 18.4. The second kappa shape index (κ2) is 4.89. The molecule has 1 amide bonds. The van der Waals surface area contributed by atoms with Crippen molar-refractivity contribution in [3.8, 4) is 0 Å². The third kappa shape index (κ3) is 4.20. The minimum atomic E-state index is -1.31. The lowest BCUT2D eigenvalue weighted by molar-refractivity contribution is -0.144. The van der Waals surface area contributed by atoms with E-state index in [1.807, 2.05) is 0 Å². The fraction of sp³-hybridized carbons (Fsp3) is 0.818. The van der Waals surface area contributed by atoms with E-state index >= 15 is 0 Å². The highest BCUT2D eigenvalue weighted by atomic mass is 19.1. The summed E-state index contributed by atoms with van der Waals surface area (Å²) in [6, 6.07) is 0. The average molecular weight is 247 g/mol. The van der Waals surface area contributed by atoms with E-state index in [4.69, 9.17) is 9.84 Å². The number of nitrogens with zero attached hydrogens (tertiary/aromatic N) is 1. The van der Waals surface area contributed by atoms with Crippen molar-refractivity contribution in [1.29, 1.82) is 0 Å². The van der Waals surface area contributed by atoms with Crippen molar-refractivity contribution >= 4 is 12.1 Å². The molecule has 1 aliphatic heterocycles. The van der Waals surface area contributed by atoms with E-state index in [9.17, 15) is 14.0 Å². The van der Waals surface area contributed by atoms with Crippen LogP contribution in [0, 0.1) is 5.92 Å². The summed E-state index contributed by atoms with van der Waals surface area (Å²) in [5.41, 5.74) is -0.668. The number of hydrogen-bond donors (Lipinski definition) is 1. The largest absolute Gasteiger partial charge is 0.481 e. The first-order valence-corrected chi connectivity index (χ1v) is 5.54. The number of halogens is 1. The van der Waals surface area contributed by atoms with Gasteiger partial charge in [-0.05, 0) is 27.2 Å². The third-order valence-corrected chi connectivity index (χ3v) is 2.40. The number of piperidine rings is 1. The van der Waals surface area contributed by atoms with Crippen LogP contribution in [0.25, 0.3) is 0 Å². The number of alkyl halides is 1. The van der Waals surface area contributed by atoms with Crippen molar-refractivity contribution in [3.05, 3.63) is 0 Å². The highest BCUT2D eigenvalue weighted by Crippen LogP contribution is 2.21. The Balaban J connectivity index is 2.64. The molecule has 0 radical (unpaired) electrons. The first-order valence-electron chi connectivity index (χ1n) is 5.54. The van der Waals surface area contributed by atoms with Crippen molar-refractivity contribution in [1.82, 2.24) is 4.90 Å². The Bertz CT molecular complexity index is 313. The molecular weight excluding hydrogens is 229 g/mol. The summed E-state index contributed by atoms with van der Waals surface area (Å²) >= 11 is 0. The minimum absolute atomic E-state index is 0.00463. The van der Waals surface area contributed by atoms with Gasteiger partial charge in [-0.15, -0.1) is 0 Å². The Kier molecular flexibility index (Phi) is 3.95. The SMILES string of the molecule is CC(C)(C)OC(=O)N1C[C@@H](F)C[C@@H](C(=O)O)C1. The van der Waals surface area contributed by atoms with Crippen LogP contribution in [-0.4, -0.2) is 46.9 Å². The van der Waals surface area contributed by atoms with E-state index in [1.54, 1.807) is 20.8 Å². The predicted octanol–water partition coefficient (Wildman–Crippen LogP) is 1.67. The van der Waals surface area contributed by atoms with Gasteiger partial charge in [0.05, 0.1) is 12.5 Å². The molecule has 0 bridgehead atoms. The van der Waals surface area contributed by atoms with Crippen molar-refractivity contribution < 1.29 is 23.8 Å². The zero-order valence-corrected chi connectivity index (χ0v) is 10.3. The lowest BCUT2D eigenvalue weighted by Crippen LogP contribution is -2.48. The molecule has 0 aromatic carbocycles. The van der Waals surface area contributed by atoms with E-state index in [2.05, 4.69) is 0 Å². The van der Waals surface area contributed by atoms with Gasteiger partial charge in [0, 0.05) is 6.54 Å². The van der Waals surface area contributed by atoms with Crippen molar-refractivity contribution in [2.45, 2.75) is 39.0 Å². The Morgan fingerprint density at radius 1 is 1.35 bits per heavy atom. The lowest BCUT2D eigenvalue weighted by Gasteiger charge is -2.34. The second-order valence-electron chi connectivity index (χ2n) is 5.25. The molecule has 1 saturated heterocycles.